The fourth-order valence-electron chi connectivity index (χ4n) is 4.49. The van der Waals surface area contributed by atoms with Gasteiger partial charge in [0.15, 0.2) is 0 Å². The van der Waals surface area contributed by atoms with E-state index >= 15 is 0 Å². The van der Waals surface area contributed by atoms with Gasteiger partial charge in [-0.25, -0.2) is 0 Å². The Kier molecular flexibility index (Phi) is 5.17. The van der Waals surface area contributed by atoms with Gasteiger partial charge < -0.3 is 15.5 Å². The van der Waals surface area contributed by atoms with Gasteiger partial charge in [-0.3, -0.25) is 9.59 Å². The number of fused-ring (bicyclic) bond motifs is 1. The van der Waals surface area contributed by atoms with Gasteiger partial charge in [0.05, 0.1) is 0 Å². The molecule has 1 fully saturated rings. The van der Waals surface area contributed by atoms with Gasteiger partial charge in [-0.2, -0.15) is 0 Å². The molecule has 2 aromatic carbocycles. The van der Waals surface area contributed by atoms with Crippen molar-refractivity contribution >= 4 is 11.8 Å². The first-order valence-electron chi connectivity index (χ1n) is 10.3. The van der Waals surface area contributed by atoms with Crippen LogP contribution in [0.3, 0.4) is 0 Å². The molecule has 1 saturated carbocycles. The summed E-state index contributed by atoms with van der Waals surface area (Å²) >= 11 is 0. The lowest BCUT2D eigenvalue weighted by Crippen LogP contribution is -2.37. The predicted octanol–water partition coefficient (Wildman–Crippen LogP) is 2.89. The lowest BCUT2D eigenvalue weighted by atomic mass is 9.90. The fourth-order valence-corrected chi connectivity index (χ4v) is 4.49. The Morgan fingerprint density at radius 2 is 1.93 bits per heavy atom. The highest BCUT2D eigenvalue weighted by Gasteiger charge is 2.44. The van der Waals surface area contributed by atoms with E-state index < -0.39 is 11.9 Å². The largest absolute Gasteiger partial charge is 0.368 e. The van der Waals surface area contributed by atoms with Crippen LogP contribution in [-0.4, -0.2) is 48.8 Å². The number of carbonyl (C=O) groups is 2. The average Bonchev–Trinajstić information content (AvgIpc) is 3.45. The van der Waals surface area contributed by atoms with Crippen LogP contribution in [0.1, 0.15) is 52.4 Å². The van der Waals surface area contributed by atoms with Gasteiger partial charge in [0.2, 0.25) is 5.91 Å². The van der Waals surface area contributed by atoms with Crippen molar-refractivity contribution in [2.24, 2.45) is 5.73 Å². The van der Waals surface area contributed by atoms with Gasteiger partial charge in [-0.1, -0.05) is 42.5 Å². The summed E-state index contributed by atoms with van der Waals surface area (Å²) in [5.74, 6) is -0.581. The first-order valence-corrected chi connectivity index (χ1v) is 10.3. The van der Waals surface area contributed by atoms with E-state index in [-0.39, 0.29) is 5.91 Å². The summed E-state index contributed by atoms with van der Waals surface area (Å²) in [6, 6.07) is 15.3. The van der Waals surface area contributed by atoms with E-state index in [1.54, 1.807) is 11.0 Å². The zero-order valence-corrected chi connectivity index (χ0v) is 17.2. The maximum absolute atomic E-state index is 12.8. The second-order valence-electron chi connectivity index (χ2n) is 8.67. The van der Waals surface area contributed by atoms with Gasteiger partial charge in [-0.05, 0) is 74.5 Å². The van der Waals surface area contributed by atoms with Crippen molar-refractivity contribution in [1.29, 1.82) is 0 Å². The van der Waals surface area contributed by atoms with Crippen molar-refractivity contribution in [1.82, 2.24) is 9.80 Å². The Hall–Kier alpha value is -2.66. The lowest BCUT2D eigenvalue weighted by molar-refractivity contribution is -0.122. The molecule has 2 amide bonds. The SMILES string of the molecule is CN(C)CCC1(c2cccc(CCN3C(=O)c4ccccc4C3C(N)=O)c2)CC1. The number of primary amides is 1. The number of carbonyl (C=O) groups excluding carboxylic acids is 2. The predicted molar refractivity (Wildman–Crippen MR) is 114 cm³/mol. The molecule has 1 aliphatic heterocycles. The van der Waals surface area contributed by atoms with E-state index in [0.717, 1.165) is 12.1 Å². The van der Waals surface area contributed by atoms with Crippen LogP contribution in [0.15, 0.2) is 48.5 Å². The molecular formula is C24H29N3O2. The molecule has 5 nitrogen and oxygen atoms in total. The molecule has 0 radical (unpaired) electrons. The molecule has 1 aliphatic carbocycles. The van der Waals surface area contributed by atoms with Gasteiger partial charge >= 0.3 is 0 Å². The smallest absolute Gasteiger partial charge is 0.255 e. The highest BCUT2D eigenvalue weighted by Crippen LogP contribution is 2.51. The number of hydrogen-bond donors (Lipinski definition) is 1. The minimum Gasteiger partial charge on any atom is -0.368 e. The molecular weight excluding hydrogens is 362 g/mol. The number of nitrogens with zero attached hydrogens (tertiary/aromatic N) is 2. The summed E-state index contributed by atoms with van der Waals surface area (Å²) in [6.45, 7) is 1.57. The molecule has 1 atom stereocenters. The standard InChI is InChI=1S/C24H29N3O2/c1-26(2)15-13-24(11-12-24)18-7-5-6-17(16-18)10-14-27-21(22(25)28)19-8-3-4-9-20(19)23(27)29/h3-9,16,21H,10-15H2,1-2H3,(H2,25,28). The summed E-state index contributed by atoms with van der Waals surface area (Å²) in [5.41, 5.74) is 9.87. The molecule has 0 spiro atoms. The molecule has 152 valence electrons. The van der Waals surface area contributed by atoms with Crippen molar-refractivity contribution in [3.8, 4) is 0 Å². The van der Waals surface area contributed by atoms with Crippen LogP contribution in [0.4, 0.5) is 0 Å². The second-order valence-corrected chi connectivity index (χ2v) is 8.67. The van der Waals surface area contributed by atoms with Crippen LogP contribution in [0, 0.1) is 0 Å². The van der Waals surface area contributed by atoms with Crippen molar-refractivity contribution in [2.45, 2.75) is 37.1 Å². The Labute approximate surface area is 172 Å². The molecule has 0 aromatic heterocycles. The number of amides is 2. The van der Waals surface area contributed by atoms with Crippen LogP contribution in [-0.2, 0) is 16.6 Å². The second kappa shape index (κ2) is 7.64. The van der Waals surface area contributed by atoms with Gasteiger partial charge in [-0.15, -0.1) is 0 Å². The Balaban J connectivity index is 1.49. The van der Waals surface area contributed by atoms with E-state index in [1.165, 1.54) is 30.4 Å². The Morgan fingerprint density at radius 1 is 1.17 bits per heavy atom. The number of nitrogens with two attached hydrogens (primary N) is 1. The minimum atomic E-state index is -0.670. The topological polar surface area (TPSA) is 66.6 Å². The van der Waals surface area contributed by atoms with E-state index in [9.17, 15) is 9.59 Å². The zero-order valence-electron chi connectivity index (χ0n) is 17.2. The Morgan fingerprint density at radius 3 is 2.62 bits per heavy atom. The Bertz CT molecular complexity index is 933. The number of benzene rings is 2. The van der Waals surface area contributed by atoms with E-state index in [4.69, 9.17) is 5.73 Å². The van der Waals surface area contributed by atoms with Crippen LogP contribution >= 0.6 is 0 Å². The summed E-state index contributed by atoms with van der Waals surface area (Å²) in [4.78, 5) is 28.8. The molecule has 0 saturated heterocycles. The first-order chi connectivity index (χ1) is 13.9. The molecule has 5 heteroatoms. The van der Waals surface area contributed by atoms with Crippen molar-refractivity contribution in [3.63, 3.8) is 0 Å². The van der Waals surface area contributed by atoms with E-state index in [2.05, 4.69) is 43.3 Å². The van der Waals surface area contributed by atoms with Gasteiger partial charge in [0, 0.05) is 12.1 Å². The third kappa shape index (κ3) is 3.79. The summed E-state index contributed by atoms with van der Waals surface area (Å²) in [6.07, 6.45) is 4.37. The highest BCUT2D eigenvalue weighted by molar-refractivity contribution is 6.04. The molecule has 1 heterocycles. The fraction of sp³-hybridized carbons (Fsp3) is 0.417. The van der Waals surface area contributed by atoms with Crippen molar-refractivity contribution < 1.29 is 9.59 Å². The van der Waals surface area contributed by atoms with Gasteiger partial charge in [0.1, 0.15) is 6.04 Å². The molecule has 2 aliphatic rings. The summed E-state index contributed by atoms with van der Waals surface area (Å²) in [5, 5.41) is 0. The quantitative estimate of drug-likeness (QED) is 0.752. The average molecular weight is 392 g/mol. The lowest BCUT2D eigenvalue weighted by Gasteiger charge is -2.23. The summed E-state index contributed by atoms with van der Waals surface area (Å²) in [7, 11) is 4.24. The van der Waals surface area contributed by atoms with Crippen LogP contribution in [0.2, 0.25) is 0 Å². The zero-order chi connectivity index (χ0) is 20.6. The maximum Gasteiger partial charge on any atom is 0.255 e. The minimum absolute atomic E-state index is 0.106. The normalized spacial score (nSPS) is 19.5. The summed E-state index contributed by atoms with van der Waals surface area (Å²) < 4.78 is 0. The molecule has 0 bridgehead atoms. The number of hydrogen-bond acceptors (Lipinski definition) is 3. The van der Waals surface area contributed by atoms with Crippen molar-refractivity contribution in [2.75, 3.05) is 27.2 Å². The van der Waals surface area contributed by atoms with Crippen LogP contribution in [0.5, 0.6) is 0 Å². The monoisotopic (exact) mass is 391 g/mol. The van der Waals surface area contributed by atoms with Crippen LogP contribution < -0.4 is 5.73 Å². The molecule has 1 unspecified atom stereocenters. The first kappa shape index (κ1) is 19.6. The maximum atomic E-state index is 12.8. The van der Waals surface area contributed by atoms with E-state index in [0.29, 0.717) is 23.9 Å². The third-order valence-electron chi connectivity index (χ3n) is 6.40. The molecule has 2 aromatic rings. The van der Waals surface area contributed by atoms with E-state index in [1.807, 2.05) is 18.2 Å². The van der Waals surface area contributed by atoms with Gasteiger partial charge in [0.25, 0.3) is 5.91 Å². The molecule has 4 rings (SSSR count). The van der Waals surface area contributed by atoms with Crippen molar-refractivity contribution in [3.05, 3.63) is 70.8 Å². The highest BCUT2D eigenvalue weighted by atomic mass is 16.2. The van der Waals surface area contributed by atoms with Crippen LogP contribution in [0.25, 0.3) is 0 Å². The third-order valence-corrected chi connectivity index (χ3v) is 6.40. The molecule has 2 N–H and O–H groups in total. The number of rotatable bonds is 8. The molecule has 29 heavy (non-hydrogen) atoms.